The van der Waals surface area contributed by atoms with Gasteiger partial charge in [0.05, 0.1) is 0 Å². The molecule has 0 amide bonds. The van der Waals surface area contributed by atoms with E-state index in [1.165, 1.54) is 15.9 Å². The zero-order valence-electron chi connectivity index (χ0n) is 17.3. The Balaban J connectivity index is 0.000000575. The molecule has 7 heteroatoms. The standard InChI is InChI=1S/C23H26PS.BF4/c1-23(2,3)25-19-24(20-13-7-4-8-14-20,21-15-9-5-10-16-21)22-17-11-6-12-18-22;2-1(3,4)5/h4-18H,19H2,1-3H3;/q+1;-1. The fourth-order valence-corrected chi connectivity index (χ4v) is 10.1. The molecule has 0 spiro atoms. The Morgan fingerprint density at radius 1 is 0.633 bits per heavy atom. The monoisotopic (exact) mass is 452 g/mol. The van der Waals surface area contributed by atoms with Crippen molar-refractivity contribution in [1.82, 2.24) is 0 Å². The van der Waals surface area contributed by atoms with E-state index in [0.717, 1.165) is 5.49 Å². The molecule has 0 radical (unpaired) electrons. The van der Waals surface area contributed by atoms with Gasteiger partial charge in [0.25, 0.3) is 0 Å². The molecule has 0 nitrogen and oxygen atoms in total. The quantitative estimate of drug-likeness (QED) is 0.234. The van der Waals surface area contributed by atoms with Gasteiger partial charge >= 0.3 is 7.25 Å². The summed E-state index contributed by atoms with van der Waals surface area (Å²) in [5, 5.41) is 4.39. The van der Waals surface area contributed by atoms with Crippen molar-refractivity contribution in [3.8, 4) is 0 Å². The van der Waals surface area contributed by atoms with Gasteiger partial charge in [-0.05, 0) is 36.4 Å². The molecule has 0 bridgehead atoms. The predicted molar refractivity (Wildman–Crippen MR) is 128 cm³/mol. The third-order valence-corrected chi connectivity index (χ3v) is 10.8. The van der Waals surface area contributed by atoms with Crippen LogP contribution in [0.1, 0.15) is 20.8 Å². The molecule has 160 valence electrons. The van der Waals surface area contributed by atoms with Crippen molar-refractivity contribution in [2.75, 3.05) is 5.49 Å². The van der Waals surface area contributed by atoms with Crippen LogP contribution in [0.2, 0.25) is 0 Å². The van der Waals surface area contributed by atoms with Gasteiger partial charge in [-0.25, -0.2) is 0 Å². The van der Waals surface area contributed by atoms with Gasteiger partial charge in [0.1, 0.15) is 28.7 Å². The Kier molecular flexibility index (Phi) is 8.57. The number of benzene rings is 3. The molecule has 0 aliphatic rings. The second-order valence-corrected chi connectivity index (χ2v) is 13.4. The number of hydrogen-bond donors (Lipinski definition) is 0. The summed E-state index contributed by atoms with van der Waals surface area (Å²) in [5.41, 5.74) is 1.12. The first-order valence-corrected chi connectivity index (χ1v) is 12.5. The average molecular weight is 452 g/mol. The van der Waals surface area contributed by atoms with Crippen molar-refractivity contribution in [3.63, 3.8) is 0 Å². The maximum absolute atomic E-state index is 9.75. The summed E-state index contributed by atoms with van der Waals surface area (Å²) >= 11 is 2.07. The van der Waals surface area contributed by atoms with E-state index < -0.39 is 14.5 Å². The Morgan fingerprint density at radius 3 is 1.13 bits per heavy atom. The molecule has 0 unspecified atom stereocenters. The smallest absolute Gasteiger partial charge is 0.418 e. The summed E-state index contributed by atoms with van der Waals surface area (Å²) in [7, 11) is -7.69. The molecule has 0 saturated carbocycles. The Morgan fingerprint density at radius 2 is 0.900 bits per heavy atom. The molecule has 3 aromatic carbocycles. The van der Waals surface area contributed by atoms with Gasteiger partial charge in [-0.15, -0.1) is 11.8 Å². The van der Waals surface area contributed by atoms with Gasteiger partial charge in [-0.3, -0.25) is 0 Å². The lowest BCUT2D eigenvalue weighted by atomic mass is 10.3. The molecule has 3 aromatic rings. The maximum Gasteiger partial charge on any atom is 0.673 e. The minimum absolute atomic E-state index is 0.240. The van der Waals surface area contributed by atoms with Crippen molar-refractivity contribution in [2.24, 2.45) is 0 Å². The first-order valence-electron chi connectivity index (χ1n) is 9.58. The van der Waals surface area contributed by atoms with Crippen LogP contribution >= 0.6 is 19.0 Å². The zero-order valence-corrected chi connectivity index (χ0v) is 19.0. The molecule has 3 rings (SSSR count). The van der Waals surface area contributed by atoms with Crippen LogP contribution in [-0.2, 0) is 0 Å². The molecule has 0 N–H and O–H groups in total. The molecule has 0 aromatic heterocycles. The molecule has 0 heterocycles. The van der Waals surface area contributed by atoms with E-state index >= 15 is 0 Å². The summed E-state index contributed by atoms with van der Waals surface area (Å²) in [6.45, 7) is 6.94. The van der Waals surface area contributed by atoms with Crippen LogP contribution in [-0.4, -0.2) is 17.5 Å². The van der Waals surface area contributed by atoms with Crippen LogP contribution in [0.4, 0.5) is 17.3 Å². The topological polar surface area (TPSA) is 0 Å². The van der Waals surface area contributed by atoms with Gasteiger partial charge in [-0.1, -0.05) is 75.4 Å². The van der Waals surface area contributed by atoms with Crippen LogP contribution in [0.25, 0.3) is 0 Å². The lowest BCUT2D eigenvalue weighted by Crippen LogP contribution is -2.33. The van der Waals surface area contributed by atoms with Gasteiger partial charge in [-0.2, -0.15) is 0 Å². The molecule has 30 heavy (non-hydrogen) atoms. The van der Waals surface area contributed by atoms with E-state index in [1.54, 1.807) is 0 Å². The molecular weight excluding hydrogens is 426 g/mol. The Hall–Kier alpha value is -1.78. The summed E-state index contributed by atoms with van der Waals surface area (Å²) in [4.78, 5) is 0. The highest BCUT2D eigenvalue weighted by molar-refractivity contribution is 8.13. The van der Waals surface area contributed by atoms with E-state index in [2.05, 4.69) is 124 Å². The van der Waals surface area contributed by atoms with E-state index in [-0.39, 0.29) is 4.75 Å². The summed E-state index contributed by atoms with van der Waals surface area (Å²) < 4.78 is 39.2. The Bertz CT molecular complexity index is 779. The van der Waals surface area contributed by atoms with Crippen molar-refractivity contribution in [3.05, 3.63) is 91.0 Å². The molecular formula is C23H26BF4PS. The highest BCUT2D eigenvalue weighted by atomic mass is 32.2. The van der Waals surface area contributed by atoms with Gasteiger partial charge in [0.15, 0.2) is 0 Å². The molecule has 0 aliphatic heterocycles. The average Bonchev–Trinajstić information content (AvgIpc) is 2.69. The van der Waals surface area contributed by atoms with E-state index in [1.807, 2.05) is 0 Å². The van der Waals surface area contributed by atoms with Crippen LogP contribution in [0.5, 0.6) is 0 Å². The number of thioether (sulfide) groups is 1. The molecule has 0 aliphatic carbocycles. The van der Waals surface area contributed by atoms with E-state index in [9.17, 15) is 17.3 Å². The third-order valence-electron chi connectivity index (χ3n) is 4.28. The predicted octanol–water partition coefficient (Wildman–Crippen LogP) is 6.77. The minimum atomic E-state index is -6.00. The van der Waals surface area contributed by atoms with Gasteiger partial charge < -0.3 is 17.3 Å². The van der Waals surface area contributed by atoms with Crippen molar-refractivity contribution in [2.45, 2.75) is 25.5 Å². The SMILES string of the molecule is CC(C)(C)SC[P+](c1ccccc1)(c1ccccc1)c1ccccc1.F[B-](F)(F)F. The fourth-order valence-electron chi connectivity index (χ4n) is 3.01. The molecule has 0 atom stereocenters. The lowest BCUT2D eigenvalue weighted by Gasteiger charge is -2.30. The van der Waals surface area contributed by atoms with Gasteiger partial charge in [0.2, 0.25) is 0 Å². The van der Waals surface area contributed by atoms with E-state index in [0.29, 0.717) is 0 Å². The second kappa shape index (κ2) is 10.5. The van der Waals surface area contributed by atoms with E-state index in [4.69, 9.17) is 0 Å². The summed E-state index contributed by atoms with van der Waals surface area (Å²) in [5.74, 6) is 0. The zero-order chi connectivity index (χ0) is 22.3. The Labute approximate surface area is 181 Å². The summed E-state index contributed by atoms with van der Waals surface area (Å²) in [6.07, 6.45) is 0. The number of hydrogen-bond acceptors (Lipinski definition) is 1. The lowest BCUT2D eigenvalue weighted by molar-refractivity contribution is 0.368. The number of rotatable bonds is 5. The normalized spacial score (nSPS) is 12.1. The van der Waals surface area contributed by atoms with Crippen LogP contribution in [0.15, 0.2) is 91.0 Å². The number of halogens is 4. The third kappa shape index (κ3) is 7.48. The first kappa shape index (κ1) is 24.5. The second-order valence-electron chi connectivity index (χ2n) is 7.70. The van der Waals surface area contributed by atoms with Crippen molar-refractivity contribution in [1.29, 1.82) is 0 Å². The molecule has 0 saturated heterocycles. The maximum atomic E-state index is 9.75. The van der Waals surface area contributed by atoms with Crippen LogP contribution < -0.4 is 15.9 Å². The first-order chi connectivity index (χ1) is 14.0. The fraction of sp³-hybridized carbons (Fsp3) is 0.217. The van der Waals surface area contributed by atoms with Crippen molar-refractivity contribution < 1.29 is 17.3 Å². The van der Waals surface area contributed by atoms with Gasteiger partial charge in [0, 0.05) is 4.75 Å². The summed E-state index contributed by atoms with van der Waals surface area (Å²) in [6, 6.07) is 33.3. The minimum Gasteiger partial charge on any atom is -0.418 e. The van der Waals surface area contributed by atoms with Crippen LogP contribution in [0, 0.1) is 0 Å². The highest BCUT2D eigenvalue weighted by Gasteiger charge is 2.46. The molecule has 0 fully saturated rings. The highest BCUT2D eigenvalue weighted by Crippen LogP contribution is 2.58. The van der Waals surface area contributed by atoms with Crippen molar-refractivity contribution >= 4 is 42.2 Å². The van der Waals surface area contributed by atoms with Crippen LogP contribution in [0.3, 0.4) is 0 Å². The largest absolute Gasteiger partial charge is 0.673 e.